The minimum atomic E-state index is -0.169. The zero-order valence-corrected chi connectivity index (χ0v) is 11.1. The zero-order valence-electron chi connectivity index (χ0n) is 11.1. The Balaban J connectivity index is 2.97. The fraction of sp³-hybridized carbons (Fsp3) is 0.429. The molecular weight excluding hydrogens is 242 g/mol. The average Bonchev–Trinajstić information content (AvgIpc) is 2.46. The molecule has 3 N–H and O–H groups in total. The summed E-state index contributed by atoms with van der Waals surface area (Å²) in [5.74, 6) is 5.41. The second-order valence-electron chi connectivity index (χ2n) is 3.87. The van der Waals surface area contributed by atoms with Gasteiger partial charge >= 0.3 is 0 Å². The molecule has 0 saturated carbocycles. The summed E-state index contributed by atoms with van der Waals surface area (Å²) in [6.07, 6.45) is 2.12. The van der Waals surface area contributed by atoms with E-state index in [4.69, 9.17) is 10.8 Å². The number of aliphatic hydroxyl groups is 1. The Morgan fingerprint density at radius 1 is 1.58 bits per heavy atom. The molecule has 5 nitrogen and oxygen atoms in total. The number of hydrogen-bond acceptors (Lipinski definition) is 4. The second-order valence-corrected chi connectivity index (χ2v) is 3.87. The predicted octanol–water partition coefficient (Wildman–Crippen LogP) is 0.236. The lowest BCUT2D eigenvalue weighted by molar-refractivity contribution is 0.0748. The molecule has 0 aliphatic rings. The van der Waals surface area contributed by atoms with Gasteiger partial charge in [-0.25, -0.2) is 4.98 Å². The summed E-state index contributed by atoms with van der Waals surface area (Å²) in [6.45, 7) is 3.27. The highest BCUT2D eigenvalue weighted by Crippen LogP contribution is 2.08. The molecule has 1 heterocycles. The summed E-state index contributed by atoms with van der Waals surface area (Å²) in [6, 6.07) is 3.49. The van der Waals surface area contributed by atoms with E-state index < -0.39 is 0 Å². The van der Waals surface area contributed by atoms with Crippen molar-refractivity contribution in [3.63, 3.8) is 0 Å². The van der Waals surface area contributed by atoms with E-state index in [2.05, 4.69) is 16.8 Å². The van der Waals surface area contributed by atoms with Crippen molar-refractivity contribution in [2.75, 3.05) is 26.2 Å². The van der Waals surface area contributed by atoms with E-state index in [1.165, 1.54) is 0 Å². The number of amides is 1. The molecule has 1 aromatic heterocycles. The van der Waals surface area contributed by atoms with Crippen molar-refractivity contribution in [2.24, 2.45) is 5.73 Å². The van der Waals surface area contributed by atoms with Gasteiger partial charge in [0.25, 0.3) is 5.91 Å². The number of pyridine rings is 1. The smallest absolute Gasteiger partial charge is 0.273 e. The molecule has 0 aliphatic heterocycles. The summed E-state index contributed by atoms with van der Waals surface area (Å²) in [7, 11) is 0. The van der Waals surface area contributed by atoms with Crippen molar-refractivity contribution in [2.45, 2.75) is 13.3 Å². The second kappa shape index (κ2) is 8.25. The molecule has 0 spiro atoms. The van der Waals surface area contributed by atoms with Crippen molar-refractivity contribution in [1.82, 2.24) is 9.88 Å². The molecule has 0 bridgehead atoms. The van der Waals surface area contributed by atoms with E-state index in [0.29, 0.717) is 30.8 Å². The third-order valence-electron chi connectivity index (χ3n) is 2.59. The normalized spacial score (nSPS) is 9.63. The van der Waals surface area contributed by atoms with Crippen LogP contribution in [0.1, 0.15) is 29.4 Å². The van der Waals surface area contributed by atoms with E-state index in [0.717, 1.165) is 0 Å². The maximum atomic E-state index is 12.3. The average molecular weight is 261 g/mol. The summed E-state index contributed by atoms with van der Waals surface area (Å²) >= 11 is 0. The van der Waals surface area contributed by atoms with Crippen LogP contribution in [0.15, 0.2) is 18.3 Å². The third kappa shape index (κ3) is 4.36. The number of nitrogens with zero attached hydrogens (tertiary/aromatic N) is 2. The predicted molar refractivity (Wildman–Crippen MR) is 73.4 cm³/mol. The summed E-state index contributed by atoms with van der Waals surface area (Å²) < 4.78 is 0. The quantitative estimate of drug-likeness (QED) is 0.744. The molecule has 1 amide bonds. The fourth-order valence-corrected chi connectivity index (χ4v) is 1.64. The number of nitrogens with two attached hydrogens (primary N) is 1. The molecule has 0 radical (unpaired) electrons. The number of carbonyl (C=O) groups excluding carboxylic acids is 1. The lowest BCUT2D eigenvalue weighted by atomic mass is 10.1. The fourth-order valence-electron chi connectivity index (χ4n) is 1.64. The minimum absolute atomic E-state index is 0.0613. The van der Waals surface area contributed by atoms with Gasteiger partial charge in [-0.2, -0.15) is 0 Å². The SMILES string of the molecule is CCN(CCCO)C(=O)c1ncccc1C#CCN. The van der Waals surface area contributed by atoms with Gasteiger partial charge in [0.1, 0.15) is 5.69 Å². The largest absolute Gasteiger partial charge is 0.396 e. The number of rotatable bonds is 5. The Morgan fingerprint density at radius 3 is 3.00 bits per heavy atom. The van der Waals surface area contributed by atoms with Crippen molar-refractivity contribution in [1.29, 1.82) is 0 Å². The molecule has 0 fully saturated rings. The van der Waals surface area contributed by atoms with Crippen molar-refractivity contribution < 1.29 is 9.90 Å². The lowest BCUT2D eigenvalue weighted by Crippen LogP contribution is -2.33. The molecule has 1 aromatic rings. The molecule has 102 valence electrons. The van der Waals surface area contributed by atoms with Crippen LogP contribution in [-0.4, -0.2) is 47.1 Å². The van der Waals surface area contributed by atoms with Gasteiger partial charge in [0.05, 0.1) is 12.1 Å². The molecule has 5 heteroatoms. The van der Waals surface area contributed by atoms with Crippen LogP contribution >= 0.6 is 0 Å². The van der Waals surface area contributed by atoms with Crippen LogP contribution in [-0.2, 0) is 0 Å². The molecule has 19 heavy (non-hydrogen) atoms. The van der Waals surface area contributed by atoms with Gasteiger partial charge in [-0.1, -0.05) is 11.8 Å². The molecule has 0 unspecified atom stereocenters. The van der Waals surface area contributed by atoms with E-state index in [1.54, 1.807) is 23.2 Å². The van der Waals surface area contributed by atoms with Crippen LogP contribution in [0.3, 0.4) is 0 Å². The van der Waals surface area contributed by atoms with Gasteiger partial charge in [-0.3, -0.25) is 4.79 Å². The van der Waals surface area contributed by atoms with Gasteiger partial charge in [-0.15, -0.1) is 0 Å². The maximum Gasteiger partial charge on any atom is 0.273 e. The van der Waals surface area contributed by atoms with Crippen LogP contribution in [0.5, 0.6) is 0 Å². The topological polar surface area (TPSA) is 79.5 Å². The van der Waals surface area contributed by atoms with Crippen LogP contribution in [0.2, 0.25) is 0 Å². The van der Waals surface area contributed by atoms with Crippen LogP contribution in [0.25, 0.3) is 0 Å². The van der Waals surface area contributed by atoms with Crippen LogP contribution in [0.4, 0.5) is 0 Å². The maximum absolute atomic E-state index is 12.3. The standard InChI is InChI=1S/C14H19N3O2/c1-2-17(10-5-11-18)14(19)13-12(6-3-8-15)7-4-9-16-13/h4,7,9,18H,2,5,8,10-11,15H2,1H3. The summed E-state index contributed by atoms with van der Waals surface area (Å²) in [5, 5.41) is 8.84. The van der Waals surface area contributed by atoms with Crippen molar-refractivity contribution >= 4 is 5.91 Å². The van der Waals surface area contributed by atoms with E-state index in [-0.39, 0.29) is 19.1 Å². The Morgan fingerprint density at radius 2 is 2.37 bits per heavy atom. The minimum Gasteiger partial charge on any atom is -0.396 e. The van der Waals surface area contributed by atoms with Gasteiger partial charge in [-0.05, 0) is 25.5 Å². The van der Waals surface area contributed by atoms with Gasteiger partial charge in [0.2, 0.25) is 0 Å². The lowest BCUT2D eigenvalue weighted by Gasteiger charge is -2.20. The van der Waals surface area contributed by atoms with Crippen LogP contribution < -0.4 is 5.73 Å². The first kappa shape index (κ1) is 15.2. The van der Waals surface area contributed by atoms with E-state index in [9.17, 15) is 4.79 Å². The molecular formula is C14H19N3O2. The highest BCUT2D eigenvalue weighted by Gasteiger charge is 2.17. The van der Waals surface area contributed by atoms with E-state index in [1.807, 2.05) is 6.92 Å². The summed E-state index contributed by atoms with van der Waals surface area (Å²) in [5.41, 5.74) is 6.26. The first-order chi connectivity index (χ1) is 9.24. The molecule has 0 aliphatic carbocycles. The molecule has 0 saturated heterocycles. The Bertz CT molecular complexity index is 477. The van der Waals surface area contributed by atoms with Crippen molar-refractivity contribution in [3.05, 3.63) is 29.6 Å². The van der Waals surface area contributed by atoms with Gasteiger partial charge < -0.3 is 15.7 Å². The molecule has 0 aromatic carbocycles. The number of aromatic nitrogens is 1. The summed E-state index contributed by atoms with van der Waals surface area (Å²) in [4.78, 5) is 18.1. The van der Waals surface area contributed by atoms with Gasteiger partial charge in [0.15, 0.2) is 0 Å². The Kier molecular flexibility index (Phi) is 6.58. The first-order valence-electron chi connectivity index (χ1n) is 6.28. The zero-order chi connectivity index (χ0) is 14.1. The van der Waals surface area contributed by atoms with Gasteiger partial charge in [0, 0.05) is 25.9 Å². The number of aliphatic hydroxyl groups excluding tert-OH is 1. The highest BCUT2D eigenvalue weighted by atomic mass is 16.3. The Labute approximate surface area is 113 Å². The Hall–Kier alpha value is -1.90. The number of carbonyl (C=O) groups is 1. The monoisotopic (exact) mass is 261 g/mol. The first-order valence-corrected chi connectivity index (χ1v) is 6.28. The number of hydrogen-bond donors (Lipinski definition) is 2. The molecule has 0 atom stereocenters. The van der Waals surface area contributed by atoms with Crippen molar-refractivity contribution in [3.8, 4) is 11.8 Å². The molecule has 1 rings (SSSR count). The van der Waals surface area contributed by atoms with Crippen LogP contribution in [0, 0.1) is 11.8 Å². The third-order valence-corrected chi connectivity index (χ3v) is 2.59. The highest BCUT2D eigenvalue weighted by molar-refractivity contribution is 5.94. The van der Waals surface area contributed by atoms with E-state index >= 15 is 0 Å².